The molecule has 3 N–H and O–H groups in total. The molecular weight excluding hydrogens is 269 g/mol. The fourth-order valence-corrected chi connectivity index (χ4v) is 1.45. The van der Waals surface area contributed by atoms with Crippen molar-refractivity contribution in [3.05, 3.63) is 35.9 Å². The van der Waals surface area contributed by atoms with Crippen LogP contribution in [-0.4, -0.2) is 27.6 Å². The van der Waals surface area contributed by atoms with Gasteiger partial charge in [0.15, 0.2) is 0 Å². The molecule has 1 amide bonds. The van der Waals surface area contributed by atoms with Gasteiger partial charge in [-0.15, -0.1) is 0 Å². The van der Waals surface area contributed by atoms with Crippen LogP contribution in [0.4, 0.5) is 4.79 Å². The molecule has 0 heterocycles. The van der Waals surface area contributed by atoms with Crippen molar-refractivity contribution in [2.75, 3.05) is 6.54 Å². The van der Waals surface area contributed by atoms with Gasteiger partial charge >= 0.3 is 13.7 Å². The van der Waals surface area contributed by atoms with Crippen molar-refractivity contribution in [3.63, 3.8) is 0 Å². The third kappa shape index (κ3) is 5.03. The Morgan fingerprint density at radius 2 is 1.89 bits per heavy atom. The molecule has 0 radical (unpaired) electrons. The highest BCUT2D eigenvalue weighted by atomic mass is 31.2. The second-order valence-corrected chi connectivity index (χ2v) is 7.07. The van der Waals surface area contributed by atoms with E-state index in [1.165, 1.54) is 13.8 Å². The second-order valence-electron chi connectivity index (χ2n) is 4.77. The third-order valence-electron chi connectivity index (χ3n) is 2.67. The van der Waals surface area contributed by atoms with E-state index in [0.717, 1.165) is 5.56 Å². The summed E-state index contributed by atoms with van der Waals surface area (Å²) in [6, 6.07) is 9.13. The van der Waals surface area contributed by atoms with E-state index >= 15 is 0 Å². The molecule has 19 heavy (non-hydrogen) atoms. The summed E-state index contributed by atoms with van der Waals surface area (Å²) in [6.07, 6.45) is -0.703. The van der Waals surface area contributed by atoms with Crippen LogP contribution in [0.2, 0.25) is 0 Å². The molecule has 0 fully saturated rings. The summed E-state index contributed by atoms with van der Waals surface area (Å²) >= 11 is 0. The number of nitrogens with one attached hydrogen (secondary N) is 1. The number of hydrogen-bond donors (Lipinski definition) is 3. The van der Waals surface area contributed by atoms with Crippen LogP contribution in [0.15, 0.2) is 30.3 Å². The largest absolute Gasteiger partial charge is 0.445 e. The standard InChI is InChI=1S/C12H18NO5P/c1-12(2,19(15,16)17)9-13-11(14)18-8-10-6-4-3-5-7-10/h3-7H,8-9H2,1-2H3,(H,13,14)(H2,15,16,17). The van der Waals surface area contributed by atoms with Gasteiger partial charge in [0.2, 0.25) is 0 Å². The molecule has 0 saturated carbocycles. The number of carbonyl (C=O) groups excluding carboxylic acids is 1. The van der Waals surface area contributed by atoms with E-state index in [1.54, 1.807) is 0 Å². The molecule has 0 unspecified atom stereocenters. The Kier molecular flexibility index (Phi) is 5.11. The minimum Gasteiger partial charge on any atom is -0.445 e. The first kappa shape index (κ1) is 15.7. The van der Waals surface area contributed by atoms with Gasteiger partial charge in [0.25, 0.3) is 0 Å². The average Bonchev–Trinajstić information content (AvgIpc) is 2.34. The van der Waals surface area contributed by atoms with Crippen LogP contribution < -0.4 is 5.32 Å². The zero-order valence-corrected chi connectivity index (χ0v) is 11.8. The smallest absolute Gasteiger partial charge is 0.407 e. The van der Waals surface area contributed by atoms with Crippen LogP contribution in [-0.2, 0) is 15.9 Å². The minimum atomic E-state index is -4.27. The lowest BCUT2D eigenvalue weighted by molar-refractivity contribution is 0.138. The van der Waals surface area contributed by atoms with Crippen LogP contribution in [0.1, 0.15) is 19.4 Å². The number of benzene rings is 1. The summed E-state index contributed by atoms with van der Waals surface area (Å²) in [6.45, 7) is 2.71. The quantitative estimate of drug-likeness (QED) is 0.718. The lowest BCUT2D eigenvalue weighted by atomic mass is 10.2. The molecule has 0 aliphatic heterocycles. The first-order chi connectivity index (χ1) is 8.72. The maximum absolute atomic E-state index is 11.4. The van der Waals surface area contributed by atoms with Crippen molar-refractivity contribution in [2.24, 2.45) is 0 Å². The summed E-state index contributed by atoms with van der Waals surface area (Å²) in [4.78, 5) is 29.6. The fourth-order valence-electron chi connectivity index (χ4n) is 1.17. The zero-order chi connectivity index (χ0) is 14.5. The molecule has 0 spiro atoms. The molecular formula is C12H18NO5P. The Balaban J connectivity index is 2.39. The predicted molar refractivity (Wildman–Crippen MR) is 70.8 cm³/mol. The summed E-state index contributed by atoms with van der Waals surface area (Å²) in [5, 5.41) is 1.03. The molecule has 0 bridgehead atoms. The van der Waals surface area contributed by atoms with Gasteiger partial charge in [-0.25, -0.2) is 4.79 Å². The van der Waals surface area contributed by atoms with E-state index in [9.17, 15) is 9.36 Å². The first-order valence-electron chi connectivity index (χ1n) is 5.72. The van der Waals surface area contributed by atoms with Crippen LogP contribution in [0.25, 0.3) is 0 Å². The van der Waals surface area contributed by atoms with Crippen molar-refractivity contribution < 1.29 is 23.9 Å². The molecule has 0 atom stereocenters. The summed E-state index contributed by atoms with van der Waals surface area (Å²) in [5.41, 5.74) is 0.840. The van der Waals surface area contributed by atoms with Gasteiger partial charge in [0.1, 0.15) is 6.61 Å². The van der Waals surface area contributed by atoms with E-state index in [1.807, 2.05) is 30.3 Å². The molecule has 0 aromatic heterocycles. The number of carbonyl (C=O) groups is 1. The highest BCUT2D eigenvalue weighted by molar-refractivity contribution is 7.53. The van der Waals surface area contributed by atoms with Gasteiger partial charge < -0.3 is 19.8 Å². The number of rotatable bonds is 5. The lowest BCUT2D eigenvalue weighted by Crippen LogP contribution is -2.38. The van der Waals surface area contributed by atoms with E-state index < -0.39 is 18.8 Å². The number of alkyl carbamates (subject to hydrolysis) is 1. The van der Waals surface area contributed by atoms with Crippen LogP contribution in [0.3, 0.4) is 0 Å². The Hall–Kier alpha value is -1.36. The molecule has 106 valence electrons. The number of ether oxygens (including phenoxy) is 1. The topological polar surface area (TPSA) is 95.9 Å². The van der Waals surface area contributed by atoms with Crippen LogP contribution >= 0.6 is 7.60 Å². The Labute approximate surface area is 111 Å². The monoisotopic (exact) mass is 287 g/mol. The lowest BCUT2D eigenvalue weighted by Gasteiger charge is -2.25. The highest BCUT2D eigenvalue weighted by Crippen LogP contribution is 2.49. The van der Waals surface area contributed by atoms with Crippen molar-refractivity contribution in [2.45, 2.75) is 25.6 Å². The Morgan fingerprint density at radius 3 is 2.42 bits per heavy atom. The van der Waals surface area contributed by atoms with Gasteiger partial charge in [0.05, 0.1) is 5.16 Å². The third-order valence-corrected chi connectivity index (χ3v) is 4.40. The normalized spacial score (nSPS) is 12.0. The van der Waals surface area contributed by atoms with E-state index in [4.69, 9.17) is 14.5 Å². The molecule has 1 aromatic rings. The van der Waals surface area contributed by atoms with Crippen molar-refractivity contribution >= 4 is 13.7 Å². The van der Waals surface area contributed by atoms with E-state index in [2.05, 4.69) is 5.32 Å². The molecule has 0 aliphatic carbocycles. The van der Waals surface area contributed by atoms with Crippen molar-refractivity contribution in [1.82, 2.24) is 5.32 Å². The Bertz CT molecular complexity index is 468. The van der Waals surface area contributed by atoms with Gasteiger partial charge in [0, 0.05) is 6.54 Å². The molecule has 6 nitrogen and oxygen atoms in total. The Morgan fingerprint density at radius 1 is 1.32 bits per heavy atom. The SMILES string of the molecule is CC(C)(CNC(=O)OCc1ccccc1)P(=O)(O)O. The molecule has 1 rings (SSSR count). The maximum atomic E-state index is 11.4. The molecule has 7 heteroatoms. The first-order valence-corrected chi connectivity index (χ1v) is 7.34. The maximum Gasteiger partial charge on any atom is 0.407 e. The predicted octanol–water partition coefficient (Wildman–Crippen LogP) is 1.87. The number of hydrogen-bond acceptors (Lipinski definition) is 3. The highest BCUT2D eigenvalue weighted by Gasteiger charge is 2.37. The summed E-state index contributed by atoms with van der Waals surface area (Å²) < 4.78 is 16.1. The van der Waals surface area contributed by atoms with Crippen LogP contribution in [0, 0.1) is 0 Å². The van der Waals surface area contributed by atoms with Gasteiger partial charge in [-0.05, 0) is 19.4 Å². The summed E-state index contributed by atoms with van der Waals surface area (Å²) in [7, 11) is -4.27. The van der Waals surface area contributed by atoms with Gasteiger partial charge in [-0.2, -0.15) is 0 Å². The molecule has 0 aliphatic rings. The molecule has 0 saturated heterocycles. The fraction of sp³-hybridized carbons (Fsp3) is 0.417. The van der Waals surface area contributed by atoms with E-state index in [0.29, 0.717) is 0 Å². The second kappa shape index (κ2) is 6.19. The van der Waals surface area contributed by atoms with Crippen molar-refractivity contribution in [3.8, 4) is 0 Å². The molecule has 1 aromatic carbocycles. The van der Waals surface area contributed by atoms with Gasteiger partial charge in [-0.3, -0.25) is 4.57 Å². The van der Waals surface area contributed by atoms with Crippen LogP contribution in [0.5, 0.6) is 0 Å². The zero-order valence-electron chi connectivity index (χ0n) is 10.9. The van der Waals surface area contributed by atoms with Crippen molar-refractivity contribution in [1.29, 1.82) is 0 Å². The number of amides is 1. The average molecular weight is 287 g/mol. The minimum absolute atomic E-state index is 0.114. The van der Waals surface area contributed by atoms with Gasteiger partial charge in [-0.1, -0.05) is 30.3 Å². The summed E-state index contributed by atoms with van der Waals surface area (Å²) in [5.74, 6) is 0. The van der Waals surface area contributed by atoms with E-state index in [-0.39, 0.29) is 13.2 Å².